The Balaban J connectivity index is 1.65. The molecule has 19 heavy (non-hydrogen) atoms. The Morgan fingerprint density at radius 3 is 2.95 bits per heavy atom. The highest BCUT2D eigenvalue weighted by Gasteiger charge is 2.09. The van der Waals surface area contributed by atoms with Crippen molar-refractivity contribution in [3.8, 4) is 0 Å². The number of nitrogens with one attached hydrogen (secondary N) is 1. The molecule has 1 N–H and O–H groups in total. The zero-order valence-electron chi connectivity index (χ0n) is 11.8. The average Bonchev–Trinajstić information content (AvgIpc) is 2.91. The summed E-state index contributed by atoms with van der Waals surface area (Å²) >= 11 is 0. The molecule has 0 spiro atoms. The molecule has 2 rings (SSSR count). The van der Waals surface area contributed by atoms with Gasteiger partial charge in [0, 0.05) is 58.8 Å². The molecule has 0 saturated carbocycles. The third-order valence-electron chi connectivity index (χ3n) is 3.40. The van der Waals surface area contributed by atoms with E-state index in [4.69, 9.17) is 9.47 Å². The summed E-state index contributed by atoms with van der Waals surface area (Å²) in [7, 11) is 1.73. The molecule has 1 aromatic heterocycles. The van der Waals surface area contributed by atoms with Gasteiger partial charge in [-0.15, -0.1) is 0 Å². The minimum absolute atomic E-state index is 0.762. The van der Waals surface area contributed by atoms with E-state index in [1.54, 1.807) is 7.11 Å². The molecule has 0 radical (unpaired) electrons. The summed E-state index contributed by atoms with van der Waals surface area (Å²) in [5.41, 5.74) is 1.33. The minimum Gasteiger partial charge on any atom is -0.383 e. The van der Waals surface area contributed by atoms with Gasteiger partial charge in [0.25, 0.3) is 0 Å². The van der Waals surface area contributed by atoms with Crippen molar-refractivity contribution in [2.24, 2.45) is 0 Å². The second-order valence-corrected chi connectivity index (χ2v) is 4.88. The van der Waals surface area contributed by atoms with Crippen molar-refractivity contribution in [2.45, 2.75) is 13.1 Å². The minimum atomic E-state index is 0.762. The molecule has 0 aliphatic carbocycles. The molecule has 1 aromatic rings. The number of rotatable bonds is 8. The van der Waals surface area contributed by atoms with Crippen molar-refractivity contribution in [3.05, 3.63) is 24.0 Å². The maximum absolute atomic E-state index is 5.35. The van der Waals surface area contributed by atoms with E-state index in [1.165, 1.54) is 5.56 Å². The van der Waals surface area contributed by atoms with Crippen LogP contribution in [0.4, 0.5) is 0 Å². The Bertz CT molecular complexity index is 348. The topological polar surface area (TPSA) is 38.7 Å². The zero-order chi connectivity index (χ0) is 13.3. The maximum Gasteiger partial charge on any atom is 0.0594 e. The van der Waals surface area contributed by atoms with E-state index in [1.807, 2.05) is 0 Å². The normalized spacial score (nSPS) is 16.9. The number of morpholine rings is 1. The molecule has 5 heteroatoms. The number of hydrogen-bond acceptors (Lipinski definition) is 4. The smallest absolute Gasteiger partial charge is 0.0594 e. The molecular weight excluding hydrogens is 242 g/mol. The first kappa shape index (κ1) is 14.5. The van der Waals surface area contributed by atoms with E-state index >= 15 is 0 Å². The van der Waals surface area contributed by atoms with Crippen LogP contribution in [0.2, 0.25) is 0 Å². The standard InChI is InChI=1S/C14H25N3O2/c1-18-9-3-15-12-14-2-4-17(13-14)6-5-16-7-10-19-11-8-16/h2,4,13,15H,3,5-12H2,1H3. The molecule has 2 heterocycles. The number of aromatic nitrogens is 1. The Labute approximate surface area is 115 Å². The Hall–Kier alpha value is -0.880. The van der Waals surface area contributed by atoms with E-state index in [0.717, 1.165) is 59.1 Å². The van der Waals surface area contributed by atoms with Crippen molar-refractivity contribution in [2.75, 3.05) is 53.1 Å². The van der Waals surface area contributed by atoms with Gasteiger partial charge in [0.15, 0.2) is 0 Å². The highest BCUT2D eigenvalue weighted by molar-refractivity contribution is 5.09. The van der Waals surface area contributed by atoms with Gasteiger partial charge in [0.1, 0.15) is 0 Å². The fourth-order valence-corrected chi connectivity index (χ4v) is 2.22. The quantitative estimate of drug-likeness (QED) is 0.699. The van der Waals surface area contributed by atoms with Crippen molar-refractivity contribution in [1.82, 2.24) is 14.8 Å². The van der Waals surface area contributed by atoms with Gasteiger partial charge in [-0.2, -0.15) is 0 Å². The summed E-state index contributed by atoms with van der Waals surface area (Å²) in [5, 5.41) is 3.36. The summed E-state index contributed by atoms with van der Waals surface area (Å²) in [6, 6.07) is 2.18. The third-order valence-corrected chi connectivity index (χ3v) is 3.40. The molecule has 0 bridgehead atoms. The first-order valence-electron chi connectivity index (χ1n) is 7.03. The van der Waals surface area contributed by atoms with Crippen LogP contribution in [-0.2, 0) is 22.6 Å². The molecule has 0 atom stereocenters. The van der Waals surface area contributed by atoms with Gasteiger partial charge in [0.2, 0.25) is 0 Å². The Morgan fingerprint density at radius 1 is 1.32 bits per heavy atom. The van der Waals surface area contributed by atoms with Gasteiger partial charge < -0.3 is 19.4 Å². The lowest BCUT2D eigenvalue weighted by molar-refractivity contribution is 0.0364. The van der Waals surface area contributed by atoms with Crippen molar-refractivity contribution < 1.29 is 9.47 Å². The molecule has 1 aliphatic rings. The Morgan fingerprint density at radius 2 is 2.16 bits per heavy atom. The van der Waals surface area contributed by atoms with Crippen molar-refractivity contribution in [3.63, 3.8) is 0 Å². The third kappa shape index (κ3) is 5.32. The first-order chi connectivity index (χ1) is 9.38. The van der Waals surface area contributed by atoms with Gasteiger partial charge in [-0.05, 0) is 11.6 Å². The monoisotopic (exact) mass is 267 g/mol. The average molecular weight is 267 g/mol. The van der Waals surface area contributed by atoms with Crippen LogP contribution in [0.1, 0.15) is 5.56 Å². The van der Waals surface area contributed by atoms with Gasteiger partial charge in [-0.1, -0.05) is 0 Å². The predicted molar refractivity (Wildman–Crippen MR) is 75.3 cm³/mol. The summed E-state index contributed by atoms with van der Waals surface area (Å²) in [4.78, 5) is 2.46. The molecule has 108 valence electrons. The fourth-order valence-electron chi connectivity index (χ4n) is 2.22. The predicted octanol–water partition coefficient (Wildman–Crippen LogP) is 0.556. The lowest BCUT2D eigenvalue weighted by atomic mass is 10.3. The number of methoxy groups -OCH3 is 1. The number of nitrogens with zero attached hydrogens (tertiary/aromatic N) is 2. The van der Waals surface area contributed by atoms with Crippen LogP contribution >= 0.6 is 0 Å². The Kier molecular flexibility index (Phi) is 6.36. The molecule has 1 saturated heterocycles. The van der Waals surface area contributed by atoms with E-state index in [2.05, 4.69) is 33.2 Å². The fraction of sp³-hybridized carbons (Fsp3) is 0.714. The van der Waals surface area contributed by atoms with Crippen LogP contribution in [-0.4, -0.2) is 62.6 Å². The molecule has 1 aliphatic heterocycles. The lowest BCUT2D eigenvalue weighted by Gasteiger charge is -2.26. The molecule has 5 nitrogen and oxygen atoms in total. The number of hydrogen-bond donors (Lipinski definition) is 1. The van der Waals surface area contributed by atoms with E-state index in [-0.39, 0.29) is 0 Å². The van der Waals surface area contributed by atoms with E-state index in [0.29, 0.717) is 0 Å². The van der Waals surface area contributed by atoms with Crippen LogP contribution in [0.15, 0.2) is 18.5 Å². The summed E-state index contributed by atoms with van der Waals surface area (Å²) in [6.07, 6.45) is 4.38. The second kappa shape index (κ2) is 8.32. The zero-order valence-corrected chi connectivity index (χ0v) is 11.8. The molecule has 0 amide bonds. The van der Waals surface area contributed by atoms with Crippen LogP contribution in [0.3, 0.4) is 0 Å². The highest BCUT2D eigenvalue weighted by atomic mass is 16.5. The summed E-state index contributed by atoms with van der Waals surface area (Å²) in [6.45, 7) is 8.61. The second-order valence-electron chi connectivity index (χ2n) is 4.88. The van der Waals surface area contributed by atoms with Gasteiger partial charge in [-0.25, -0.2) is 0 Å². The highest BCUT2D eigenvalue weighted by Crippen LogP contribution is 2.03. The van der Waals surface area contributed by atoms with Crippen molar-refractivity contribution >= 4 is 0 Å². The van der Waals surface area contributed by atoms with Crippen LogP contribution in [0.25, 0.3) is 0 Å². The SMILES string of the molecule is COCCNCc1ccn(CCN2CCOCC2)c1. The maximum atomic E-state index is 5.35. The first-order valence-corrected chi connectivity index (χ1v) is 7.03. The van der Waals surface area contributed by atoms with Crippen LogP contribution in [0, 0.1) is 0 Å². The van der Waals surface area contributed by atoms with E-state index in [9.17, 15) is 0 Å². The van der Waals surface area contributed by atoms with Gasteiger partial charge >= 0.3 is 0 Å². The van der Waals surface area contributed by atoms with Gasteiger partial charge in [-0.3, -0.25) is 4.90 Å². The van der Waals surface area contributed by atoms with E-state index < -0.39 is 0 Å². The number of ether oxygens (including phenoxy) is 2. The largest absolute Gasteiger partial charge is 0.383 e. The molecule has 1 fully saturated rings. The summed E-state index contributed by atoms with van der Waals surface area (Å²) in [5.74, 6) is 0. The van der Waals surface area contributed by atoms with Crippen LogP contribution < -0.4 is 5.32 Å². The van der Waals surface area contributed by atoms with Crippen LogP contribution in [0.5, 0.6) is 0 Å². The van der Waals surface area contributed by atoms with Gasteiger partial charge in [0.05, 0.1) is 19.8 Å². The summed E-state index contributed by atoms with van der Waals surface area (Å²) < 4.78 is 12.6. The molecule has 0 aromatic carbocycles. The van der Waals surface area contributed by atoms with Crippen molar-refractivity contribution in [1.29, 1.82) is 0 Å². The molecular formula is C14H25N3O2. The lowest BCUT2D eigenvalue weighted by Crippen LogP contribution is -2.38. The molecule has 0 unspecified atom stereocenters.